The minimum atomic E-state index is -0.374. The molecule has 1 unspecified atom stereocenters. The molecule has 2 heterocycles. The van der Waals surface area contributed by atoms with Gasteiger partial charge in [0.05, 0.1) is 18.8 Å². The third kappa shape index (κ3) is 3.97. The average molecular weight is 406 g/mol. The number of ether oxygens (including phenoxy) is 1. The fraction of sp³-hybridized carbons (Fsp3) is 0.217. The van der Waals surface area contributed by atoms with Gasteiger partial charge in [0.1, 0.15) is 29.2 Å². The van der Waals surface area contributed by atoms with Crippen LogP contribution in [0.25, 0.3) is 16.9 Å². The van der Waals surface area contributed by atoms with E-state index in [0.29, 0.717) is 23.6 Å². The van der Waals surface area contributed by atoms with E-state index in [0.717, 1.165) is 16.9 Å². The van der Waals surface area contributed by atoms with Crippen LogP contribution in [0.5, 0.6) is 5.75 Å². The number of hydrogen-bond acceptors (Lipinski definition) is 5. The second kappa shape index (κ2) is 8.51. The molecule has 0 saturated heterocycles. The van der Waals surface area contributed by atoms with Crippen molar-refractivity contribution in [3.05, 3.63) is 84.1 Å². The molecule has 0 saturated carbocycles. The maximum atomic E-state index is 14.9. The van der Waals surface area contributed by atoms with Crippen LogP contribution in [0.2, 0.25) is 0 Å². The summed E-state index contributed by atoms with van der Waals surface area (Å²) in [6.45, 7) is 2.61. The van der Waals surface area contributed by atoms with E-state index in [9.17, 15) is 4.39 Å². The number of hydrogen-bond donors (Lipinski definition) is 0. The van der Waals surface area contributed by atoms with Crippen molar-refractivity contribution < 1.29 is 13.7 Å². The van der Waals surface area contributed by atoms with Gasteiger partial charge in [-0.1, -0.05) is 23.4 Å². The van der Waals surface area contributed by atoms with Gasteiger partial charge in [0.25, 0.3) is 0 Å². The Morgan fingerprint density at radius 2 is 1.97 bits per heavy atom. The van der Waals surface area contributed by atoms with Crippen LogP contribution < -0.4 is 4.74 Å². The van der Waals surface area contributed by atoms with Crippen LogP contribution in [0.1, 0.15) is 24.2 Å². The van der Waals surface area contributed by atoms with Crippen LogP contribution in [-0.2, 0) is 6.54 Å². The number of nitrogens with zero attached hydrogens (tertiary/aromatic N) is 4. The van der Waals surface area contributed by atoms with Crippen molar-refractivity contribution >= 4 is 0 Å². The molecule has 4 rings (SSSR count). The third-order valence-electron chi connectivity index (χ3n) is 5.21. The van der Waals surface area contributed by atoms with Crippen molar-refractivity contribution in [3.63, 3.8) is 0 Å². The number of methoxy groups -OCH3 is 1. The van der Waals surface area contributed by atoms with E-state index >= 15 is 0 Å². The van der Waals surface area contributed by atoms with Crippen LogP contribution >= 0.6 is 0 Å². The molecule has 30 heavy (non-hydrogen) atoms. The molecule has 2 aromatic heterocycles. The SMILES string of the molecule is COc1ccc(-c2nn(-c3ccccc3)cc2CN(C)C(C)c2ccon2)c(F)c1. The van der Waals surface area contributed by atoms with Gasteiger partial charge in [0.2, 0.25) is 0 Å². The normalized spacial score (nSPS) is 12.3. The Bertz CT molecular complexity index is 1110. The predicted molar refractivity (Wildman–Crippen MR) is 112 cm³/mol. The molecule has 0 fully saturated rings. The van der Waals surface area contributed by atoms with Crippen LogP contribution in [0.3, 0.4) is 0 Å². The highest BCUT2D eigenvalue weighted by Gasteiger charge is 2.21. The fourth-order valence-electron chi connectivity index (χ4n) is 3.35. The Hall–Kier alpha value is -3.45. The van der Waals surface area contributed by atoms with Crippen LogP contribution in [0, 0.1) is 5.82 Å². The van der Waals surface area contributed by atoms with Crippen molar-refractivity contribution in [2.24, 2.45) is 0 Å². The molecular formula is C23H23FN4O2. The lowest BCUT2D eigenvalue weighted by molar-refractivity contribution is 0.241. The predicted octanol–water partition coefficient (Wildman–Crippen LogP) is 4.87. The van der Waals surface area contributed by atoms with Crippen LogP contribution in [0.15, 0.2) is 71.6 Å². The first kappa shape index (κ1) is 19.8. The second-order valence-corrected chi connectivity index (χ2v) is 7.14. The lowest BCUT2D eigenvalue weighted by Gasteiger charge is -2.22. The topological polar surface area (TPSA) is 56.3 Å². The minimum Gasteiger partial charge on any atom is -0.497 e. The first-order chi connectivity index (χ1) is 14.6. The Labute approximate surface area is 174 Å². The Morgan fingerprint density at radius 3 is 2.63 bits per heavy atom. The molecule has 154 valence electrons. The van der Waals surface area contributed by atoms with Crippen molar-refractivity contribution in [3.8, 4) is 22.7 Å². The van der Waals surface area contributed by atoms with E-state index < -0.39 is 0 Å². The molecule has 0 aliphatic rings. The molecule has 2 aromatic carbocycles. The summed E-state index contributed by atoms with van der Waals surface area (Å²) in [5, 5.41) is 8.75. The molecule has 4 aromatic rings. The van der Waals surface area contributed by atoms with E-state index in [4.69, 9.17) is 14.4 Å². The molecule has 0 N–H and O–H groups in total. The zero-order chi connectivity index (χ0) is 21.1. The van der Waals surface area contributed by atoms with Crippen molar-refractivity contribution in [1.29, 1.82) is 0 Å². The van der Waals surface area contributed by atoms with Gasteiger partial charge in [-0.15, -0.1) is 0 Å². The Morgan fingerprint density at radius 1 is 1.17 bits per heavy atom. The Balaban J connectivity index is 1.73. The molecule has 1 atom stereocenters. The van der Waals surface area contributed by atoms with Crippen molar-refractivity contribution in [1.82, 2.24) is 19.8 Å². The number of para-hydroxylation sites is 1. The largest absolute Gasteiger partial charge is 0.497 e. The highest BCUT2D eigenvalue weighted by atomic mass is 19.1. The molecule has 0 radical (unpaired) electrons. The Kier molecular flexibility index (Phi) is 5.63. The van der Waals surface area contributed by atoms with Crippen molar-refractivity contribution in [2.75, 3.05) is 14.2 Å². The van der Waals surface area contributed by atoms with Gasteiger partial charge >= 0.3 is 0 Å². The molecule has 0 spiro atoms. The molecule has 0 aliphatic carbocycles. The van der Waals surface area contributed by atoms with Gasteiger partial charge in [-0.25, -0.2) is 9.07 Å². The minimum absolute atomic E-state index is 0.0254. The first-order valence-electron chi connectivity index (χ1n) is 9.65. The molecule has 0 bridgehead atoms. The molecule has 6 nitrogen and oxygen atoms in total. The zero-order valence-electron chi connectivity index (χ0n) is 17.1. The van der Waals surface area contributed by atoms with E-state index in [1.807, 2.05) is 56.6 Å². The van der Waals surface area contributed by atoms with Gasteiger partial charge in [-0.05, 0) is 38.2 Å². The summed E-state index contributed by atoms with van der Waals surface area (Å²) >= 11 is 0. The monoisotopic (exact) mass is 406 g/mol. The molecule has 0 aliphatic heterocycles. The van der Waals surface area contributed by atoms with Gasteiger partial charge in [0, 0.05) is 36.0 Å². The third-order valence-corrected chi connectivity index (χ3v) is 5.21. The fourth-order valence-corrected chi connectivity index (χ4v) is 3.35. The highest BCUT2D eigenvalue weighted by molar-refractivity contribution is 5.65. The summed E-state index contributed by atoms with van der Waals surface area (Å²) < 4.78 is 26.8. The van der Waals surface area contributed by atoms with E-state index in [1.54, 1.807) is 23.1 Å². The van der Waals surface area contributed by atoms with Gasteiger partial charge < -0.3 is 9.26 Å². The number of halogens is 1. The molecular weight excluding hydrogens is 383 g/mol. The summed E-state index contributed by atoms with van der Waals surface area (Å²) in [7, 11) is 3.51. The zero-order valence-corrected chi connectivity index (χ0v) is 17.1. The van der Waals surface area contributed by atoms with E-state index in [-0.39, 0.29) is 11.9 Å². The highest BCUT2D eigenvalue weighted by Crippen LogP contribution is 2.30. The maximum absolute atomic E-state index is 14.9. The maximum Gasteiger partial charge on any atom is 0.136 e. The van der Waals surface area contributed by atoms with Crippen molar-refractivity contribution in [2.45, 2.75) is 19.5 Å². The first-order valence-corrected chi connectivity index (χ1v) is 9.65. The second-order valence-electron chi connectivity index (χ2n) is 7.14. The number of aromatic nitrogens is 3. The van der Waals surface area contributed by atoms with Crippen LogP contribution in [0.4, 0.5) is 4.39 Å². The smallest absolute Gasteiger partial charge is 0.136 e. The van der Waals surface area contributed by atoms with Gasteiger partial charge in [0.15, 0.2) is 0 Å². The summed E-state index contributed by atoms with van der Waals surface area (Å²) in [5.41, 5.74) is 3.68. The number of rotatable bonds is 7. The summed E-state index contributed by atoms with van der Waals surface area (Å²) in [6, 6.07) is 16.5. The lowest BCUT2D eigenvalue weighted by Crippen LogP contribution is -2.22. The molecule has 0 amide bonds. The summed E-state index contributed by atoms with van der Waals surface area (Å²) in [4.78, 5) is 2.12. The standard InChI is InChI=1S/C23H23FN4O2/c1-16(22-11-12-30-26-22)27(2)14-17-15-28(18-7-5-4-6-8-18)25-23(17)20-10-9-19(29-3)13-21(20)24/h4-13,15-16H,14H2,1-3H3. The van der Waals surface area contributed by atoms with E-state index in [1.165, 1.54) is 13.2 Å². The number of benzene rings is 2. The van der Waals surface area contributed by atoms with Crippen LogP contribution in [-0.4, -0.2) is 34.0 Å². The summed E-state index contributed by atoms with van der Waals surface area (Å²) in [5.74, 6) is 0.0955. The quantitative estimate of drug-likeness (QED) is 0.438. The lowest BCUT2D eigenvalue weighted by atomic mass is 10.1. The van der Waals surface area contributed by atoms with Gasteiger partial charge in [-0.2, -0.15) is 5.10 Å². The van der Waals surface area contributed by atoms with Gasteiger partial charge in [-0.3, -0.25) is 4.90 Å². The molecule has 7 heteroatoms. The van der Waals surface area contributed by atoms with E-state index in [2.05, 4.69) is 10.1 Å². The summed E-state index contributed by atoms with van der Waals surface area (Å²) in [6.07, 6.45) is 3.51. The average Bonchev–Trinajstić information content (AvgIpc) is 3.44.